The number of carbonyl (C=O) groups excluding carboxylic acids is 1. The molecule has 2 aromatic carbocycles. The first-order valence-electron chi connectivity index (χ1n) is 7.66. The Morgan fingerprint density at radius 1 is 0.792 bits per heavy atom. The van der Waals surface area contributed by atoms with Gasteiger partial charge in [-0.15, -0.1) is 0 Å². The zero-order chi connectivity index (χ0) is 17.7. The molecule has 0 amide bonds. The largest absolute Gasteiger partial charge is 0.497 e. The number of hydrogen-bond donors (Lipinski definition) is 0. The molecule has 0 bridgehead atoms. The molecule has 0 unspecified atom stereocenters. The predicted octanol–water partition coefficient (Wildman–Crippen LogP) is 3.64. The molecule has 0 atom stereocenters. The molecule has 0 spiro atoms. The maximum atomic E-state index is 12.4. The van der Waals surface area contributed by atoms with Crippen molar-refractivity contribution in [3.63, 3.8) is 0 Å². The van der Waals surface area contributed by atoms with Crippen LogP contribution in [0.25, 0.3) is 0 Å². The average Bonchev–Trinajstić information content (AvgIpc) is 2.59. The summed E-state index contributed by atoms with van der Waals surface area (Å²) < 4.78 is 16.3. The second-order valence-electron chi connectivity index (χ2n) is 6.32. The molecule has 2 rings (SSSR count). The summed E-state index contributed by atoms with van der Waals surface area (Å²) in [6, 6.07) is 15.2. The van der Waals surface area contributed by atoms with Crippen LogP contribution in [0, 0.1) is 5.41 Å². The molecule has 4 nitrogen and oxygen atoms in total. The SMILES string of the molecule is COc1ccc(P(OC(=O)C(C)(C)C)c2ccc(OC)cc2)cc1. The third-order valence-corrected chi connectivity index (χ3v) is 5.28. The van der Waals surface area contributed by atoms with Crippen LogP contribution in [-0.2, 0) is 9.32 Å². The maximum absolute atomic E-state index is 12.4. The second-order valence-corrected chi connectivity index (χ2v) is 8.12. The molecule has 0 heterocycles. The van der Waals surface area contributed by atoms with E-state index in [4.69, 9.17) is 14.0 Å². The zero-order valence-corrected chi connectivity index (χ0v) is 15.6. The predicted molar refractivity (Wildman–Crippen MR) is 97.7 cm³/mol. The van der Waals surface area contributed by atoms with Crippen molar-refractivity contribution in [3.05, 3.63) is 48.5 Å². The van der Waals surface area contributed by atoms with Gasteiger partial charge >= 0.3 is 5.97 Å². The third kappa shape index (κ3) is 4.48. The van der Waals surface area contributed by atoms with Gasteiger partial charge in [0.2, 0.25) is 0 Å². The summed E-state index contributed by atoms with van der Waals surface area (Å²) in [7, 11) is 2.00. The number of ether oxygens (including phenoxy) is 2. The van der Waals surface area contributed by atoms with Crippen LogP contribution in [0.15, 0.2) is 48.5 Å². The molecule has 0 aliphatic rings. The van der Waals surface area contributed by atoms with Crippen molar-refractivity contribution in [2.24, 2.45) is 5.41 Å². The van der Waals surface area contributed by atoms with Gasteiger partial charge in [0.1, 0.15) is 11.5 Å². The van der Waals surface area contributed by atoms with Gasteiger partial charge in [-0.1, -0.05) is 0 Å². The van der Waals surface area contributed by atoms with Crippen LogP contribution in [0.1, 0.15) is 20.8 Å². The molecule has 0 aliphatic carbocycles. The van der Waals surface area contributed by atoms with Gasteiger partial charge in [0.15, 0.2) is 8.15 Å². The van der Waals surface area contributed by atoms with E-state index in [1.165, 1.54) is 0 Å². The fourth-order valence-corrected chi connectivity index (χ4v) is 3.70. The minimum Gasteiger partial charge on any atom is -0.497 e. The fraction of sp³-hybridized carbons (Fsp3) is 0.316. The Hall–Kier alpha value is -2.06. The highest BCUT2D eigenvalue weighted by atomic mass is 31.1. The van der Waals surface area contributed by atoms with Crippen molar-refractivity contribution in [1.29, 1.82) is 0 Å². The van der Waals surface area contributed by atoms with Crippen LogP contribution in [0.4, 0.5) is 0 Å². The first-order valence-corrected chi connectivity index (χ1v) is 8.92. The minimum atomic E-state index is -1.25. The van der Waals surface area contributed by atoms with E-state index in [9.17, 15) is 4.79 Å². The Labute approximate surface area is 144 Å². The van der Waals surface area contributed by atoms with Gasteiger partial charge in [0, 0.05) is 10.6 Å². The van der Waals surface area contributed by atoms with Crippen LogP contribution in [0.3, 0.4) is 0 Å². The van der Waals surface area contributed by atoms with Gasteiger partial charge in [0.05, 0.1) is 19.6 Å². The summed E-state index contributed by atoms with van der Waals surface area (Å²) in [6.07, 6.45) is 0. The van der Waals surface area contributed by atoms with Crippen molar-refractivity contribution in [2.75, 3.05) is 14.2 Å². The molecule has 0 N–H and O–H groups in total. The quantitative estimate of drug-likeness (QED) is 0.776. The molecule has 0 aromatic heterocycles. The van der Waals surface area contributed by atoms with Gasteiger partial charge in [-0.3, -0.25) is 4.79 Å². The summed E-state index contributed by atoms with van der Waals surface area (Å²) >= 11 is 0. The number of rotatable bonds is 5. The van der Waals surface area contributed by atoms with Gasteiger partial charge < -0.3 is 14.0 Å². The lowest BCUT2D eigenvalue weighted by Gasteiger charge is -2.23. The lowest BCUT2D eigenvalue weighted by molar-refractivity contribution is -0.142. The van der Waals surface area contributed by atoms with Crippen LogP contribution in [0.2, 0.25) is 0 Å². The van der Waals surface area contributed by atoms with Crippen LogP contribution in [0.5, 0.6) is 11.5 Å². The zero-order valence-electron chi connectivity index (χ0n) is 14.7. The first kappa shape index (κ1) is 18.3. The number of benzene rings is 2. The highest BCUT2D eigenvalue weighted by Gasteiger charge is 2.28. The van der Waals surface area contributed by atoms with E-state index in [1.807, 2.05) is 69.3 Å². The number of methoxy groups -OCH3 is 2. The summed E-state index contributed by atoms with van der Waals surface area (Å²) in [5.74, 6) is 1.32. The number of carbonyl (C=O) groups is 1. The van der Waals surface area contributed by atoms with E-state index in [0.29, 0.717) is 0 Å². The molecular formula is C19H23O4P. The topological polar surface area (TPSA) is 44.8 Å². The lowest BCUT2D eigenvalue weighted by Crippen LogP contribution is -2.25. The van der Waals surface area contributed by atoms with Gasteiger partial charge in [-0.25, -0.2) is 0 Å². The standard InChI is InChI=1S/C19H23O4P/c1-19(2,3)18(20)23-24(16-10-6-14(21-4)7-11-16)17-12-8-15(22-5)9-13-17/h6-13H,1-5H3. The van der Waals surface area contributed by atoms with E-state index >= 15 is 0 Å². The highest BCUT2D eigenvalue weighted by Crippen LogP contribution is 2.38. The Morgan fingerprint density at radius 3 is 1.46 bits per heavy atom. The summed E-state index contributed by atoms with van der Waals surface area (Å²) in [6.45, 7) is 5.56. The molecular weight excluding hydrogens is 323 g/mol. The van der Waals surface area contributed by atoms with Crippen molar-refractivity contribution in [1.82, 2.24) is 0 Å². The lowest BCUT2D eigenvalue weighted by atomic mass is 9.98. The molecule has 0 saturated carbocycles. The van der Waals surface area contributed by atoms with Crippen molar-refractivity contribution >= 4 is 24.7 Å². The molecule has 0 saturated heterocycles. The van der Waals surface area contributed by atoms with E-state index in [2.05, 4.69) is 0 Å². The van der Waals surface area contributed by atoms with E-state index in [-0.39, 0.29) is 5.97 Å². The van der Waals surface area contributed by atoms with E-state index in [1.54, 1.807) is 14.2 Å². The normalized spacial score (nSPS) is 11.2. The fourth-order valence-electron chi connectivity index (χ4n) is 1.91. The van der Waals surface area contributed by atoms with Gasteiger partial charge in [0.25, 0.3) is 0 Å². The van der Waals surface area contributed by atoms with Gasteiger partial charge in [-0.2, -0.15) is 0 Å². The highest BCUT2D eigenvalue weighted by molar-refractivity contribution is 7.69. The van der Waals surface area contributed by atoms with Crippen molar-refractivity contribution in [3.8, 4) is 11.5 Å². The van der Waals surface area contributed by atoms with Crippen molar-refractivity contribution < 1.29 is 18.8 Å². The van der Waals surface area contributed by atoms with Crippen LogP contribution >= 0.6 is 8.15 Å². The van der Waals surface area contributed by atoms with E-state index in [0.717, 1.165) is 22.1 Å². The van der Waals surface area contributed by atoms with Crippen LogP contribution in [-0.4, -0.2) is 20.2 Å². The van der Waals surface area contributed by atoms with Crippen molar-refractivity contribution in [2.45, 2.75) is 20.8 Å². The molecule has 2 aromatic rings. The molecule has 5 heteroatoms. The van der Waals surface area contributed by atoms with E-state index < -0.39 is 13.6 Å². The average molecular weight is 346 g/mol. The Kier molecular flexibility index (Phi) is 5.84. The molecule has 128 valence electrons. The summed E-state index contributed by atoms with van der Waals surface area (Å²) in [4.78, 5) is 12.4. The van der Waals surface area contributed by atoms with Crippen LogP contribution < -0.4 is 20.1 Å². The minimum absolute atomic E-state index is 0.222. The molecule has 0 aliphatic heterocycles. The Balaban J connectivity index is 2.37. The Bertz CT molecular complexity index is 625. The summed E-state index contributed by atoms with van der Waals surface area (Å²) in [5, 5.41) is 1.90. The Morgan fingerprint density at radius 2 is 1.17 bits per heavy atom. The maximum Gasteiger partial charge on any atom is 0.314 e. The second kappa shape index (κ2) is 7.67. The number of hydrogen-bond acceptors (Lipinski definition) is 4. The first-order chi connectivity index (χ1) is 11.3. The summed E-state index contributed by atoms with van der Waals surface area (Å²) in [5.41, 5.74) is -0.556. The monoisotopic (exact) mass is 346 g/mol. The molecule has 24 heavy (non-hydrogen) atoms. The molecule has 0 fully saturated rings. The van der Waals surface area contributed by atoms with Gasteiger partial charge in [-0.05, 0) is 69.3 Å². The third-order valence-electron chi connectivity index (χ3n) is 3.40. The smallest absolute Gasteiger partial charge is 0.314 e. The molecule has 0 radical (unpaired) electrons.